The summed E-state index contributed by atoms with van der Waals surface area (Å²) in [6, 6.07) is 20.0. The molecule has 1 heterocycles. The fourth-order valence-corrected chi connectivity index (χ4v) is 4.13. The molecular weight excluding hydrogens is 442 g/mol. The Balaban J connectivity index is 1.75. The van der Waals surface area contributed by atoms with E-state index in [-0.39, 0.29) is 29.2 Å². The van der Waals surface area contributed by atoms with Crippen molar-refractivity contribution in [2.45, 2.75) is 45.9 Å². The number of hydrogen-bond donors (Lipinski definition) is 2. The zero-order valence-electron chi connectivity index (χ0n) is 20.3. The van der Waals surface area contributed by atoms with Crippen LogP contribution >= 0.6 is 0 Å². The smallest absolute Gasteiger partial charge is 0.295 e. The van der Waals surface area contributed by atoms with Crippen molar-refractivity contribution in [2.75, 3.05) is 0 Å². The number of phenols is 1. The Morgan fingerprint density at radius 1 is 0.914 bits per heavy atom. The Labute approximate surface area is 205 Å². The molecular formula is C29H29NO5. The van der Waals surface area contributed by atoms with Gasteiger partial charge in [-0.05, 0) is 63.1 Å². The molecule has 1 aliphatic heterocycles. The van der Waals surface area contributed by atoms with E-state index in [1.165, 1.54) is 17.0 Å². The van der Waals surface area contributed by atoms with Crippen LogP contribution in [0, 0.1) is 6.92 Å². The van der Waals surface area contributed by atoms with Gasteiger partial charge in [0.25, 0.3) is 11.7 Å². The monoisotopic (exact) mass is 471 g/mol. The fourth-order valence-electron chi connectivity index (χ4n) is 4.13. The van der Waals surface area contributed by atoms with Crippen LogP contribution in [0.5, 0.6) is 11.5 Å². The van der Waals surface area contributed by atoms with Crippen molar-refractivity contribution < 1.29 is 24.5 Å². The molecule has 1 atom stereocenters. The highest BCUT2D eigenvalue weighted by Crippen LogP contribution is 2.40. The SMILES string of the molecule is Cc1ccc(/C(O)=C2/C(=O)C(=O)N(Cc3ccc(OC(C)(C)C)cc3)C2c2ccc(O)cc2)cc1. The molecule has 0 aromatic heterocycles. The highest BCUT2D eigenvalue weighted by molar-refractivity contribution is 6.46. The minimum atomic E-state index is -0.803. The number of phenolic OH excluding ortho intramolecular Hbond substituents is 1. The lowest BCUT2D eigenvalue weighted by molar-refractivity contribution is -0.140. The maximum absolute atomic E-state index is 13.2. The summed E-state index contributed by atoms with van der Waals surface area (Å²) in [5, 5.41) is 20.9. The summed E-state index contributed by atoms with van der Waals surface area (Å²) in [4.78, 5) is 27.8. The summed E-state index contributed by atoms with van der Waals surface area (Å²) in [6.45, 7) is 7.98. The minimum absolute atomic E-state index is 0.0252. The summed E-state index contributed by atoms with van der Waals surface area (Å²) >= 11 is 0. The average Bonchev–Trinajstić information content (AvgIpc) is 3.05. The lowest BCUT2D eigenvalue weighted by Crippen LogP contribution is -2.29. The topological polar surface area (TPSA) is 87.1 Å². The number of carbonyl (C=O) groups is 2. The molecule has 4 rings (SSSR count). The highest BCUT2D eigenvalue weighted by atomic mass is 16.5. The van der Waals surface area contributed by atoms with E-state index >= 15 is 0 Å². The molecule has 1 unspecified atom stereocenters. The maximum atomic E-state index is 13.2. The standard InChI is InChI=1S/C29H29NO5/c1-18-5-9-21(10-6-18)26(32)24-25(20-11-13-22(31)14-12-20)30(28(34)27(24)33)17-19-7-15-23(16-8-19)35-29(2,3)4/h5-16,25,31-32H,17H2,1-4H3/b26-24-. The van der Waals surface area contributed by atoms with Gasteiger partial charge < -0.3 is 19.8 Å². The molecule has 0 bridgehead atoms. The van der Waals surface area contributed by atoms with E-state index in [0.29, 0.717) is 16.9 Å². The van der Waals surface area contributed by atoms with E-state index in [4.69, 9.17) is 4.74 Å². The fraction of sp³-hybridized carbons (Fsp3) is 0.241. The Morgan fingerprint density at radius 3 is 2.09 bits per heavy atom. The number of ketones is 1. The zero-order valence-corrected chi connectivity index (χ0v) is 20.3. The molecule has 3 aromatic carbocycles. The van der Waals surface area contributed by atoms with Crippen LogP contribution in [-0.4, -0.2) is 32.4 Å². The summed E-state index contributed by atoms with van der Waals surface area (Å²) in [6.07, 6.45) is 0. The first-order chi connectivity index (χ1) is 16.5. The molecule has 1 fully saturated rings. The second-order valence-electron chi connectivity index (χ2n) is 9.74. The number of Topliss-reactive ketones (excluding diaryl/α,β-unsaturated/α-hetero) is 1. The van der Waals surface area contributed by atoms with Gasteiger partial charge in [-0.1, -0.05) is 54.1 Å². The first kappa shape index (κ1) is 24.1. The average molecular weight is 472 g/mol. The third-order valence-corrected chi connectivity index (χ3v) is 5.77. The van der Waals surface area contributed by atoms with Crippen molar-refractivity contribution >= 4 is 17.4 Å². The predicted octanol–water partition coefficient (Wildman–Crippen LogP) is 5.50. The van der Waals surface area contributed by atoms with Gasteiger partial charge in [-0.25, -0.2) is 0 Å². The number of rotatable bonds is 5. The van der Waals surface area contributed by atoms with E-state index in [9.17, 15) is 19.8 Å². The molecule has 1 aliphatic rings. The van der Waals surface area contributed by atoms with Gasteiger partial charge in [-0.2, -0.15) is 0 Å². The number of amides is 1. The quantitative estimate of drug-likeness (QED) is 0.292. The molecule has 35 heavy (non-hydrogen) atoms. The molecule has 1 saturated heterocycles. The van der Waals surface area contributed by atoms with Gasteiger partial charge in [0.05, 0.1) is 11.6 Å². The van der Waals surface area contributed by atoms with Gasteiger partial charge in [-0.3, -0.25) is 9.59 Å². The van der Waals surface area contributed by atoms with Crippen molar-refractivity contribution in [3.8, 4) is 11.5 Å². The number of nitrogens with zero attached hydrogens (tertiary/aromatic N) is 1. The van der Waals surface area contributed by atoms with Crippen LogP contribution in [0.4, 0.5) is 0 Å². The first-order valence-electron chi connectivity index (χ1n) is 11.5. The van der Waals surface area contributed by atoms with Crippen LogP contribution in [0.1, 0.15) is 49.1 Å². The van der Waals surface area contributed by atoms with Crippen molar-refractivity contribution in [2.24, 2.45) is 0 Å². The van der Waals surface area contributed by atoms with Gasteiger partial charge in [0.2, 0.25) is 0 Å². The van der Waals surface area contributed by atoms with Crippen LogP contribution < -0.4 is 4.74 Å². The molecule has 0 spiro atoms. The van der Waals surface area contributed by atoms with Crippen molar-refractivity contribution in [3.63, 3.8) is 0 Å². The number of aliphatic hydroxyl groups excluding tert-OH is 1. The van der Waals surface area contributed by atoms with E-state index in [1.54, 1.807) is 24.3 Å². The van der Waals surface area contributed by atoms with E-state index < -0.39 is 17.7 Å². The summed E-state index contributed by atoms with van der Waals surface area (Å²) in [5.74, 6) is -0.880. The van der Waals surface area contributed by atoms with Gasteiger partial charge >= 0.3 is 0 Å². The zero-order chi connectivity index (χ0) is 25.3. The second kappa shape index (κ2) is 9.29. The normalized spacial score (nSPS) is 17.6. The largest absolute Gasteiger partial charge is 0.508 e. The van der Waals surface area contributed by atoms with Crippen molar-refractivity contribution in [1.82, 2.24) is 4.90 Å². The van der Waals surface area contributed by atoms with Crippen molar-refractivity contribution in [1.29, 1.82) is 0 Å². The van der Waals surface area contributed by atoms with Gasteiger partial charge in [0.1, 0.15) is 22.9 Å². The van der Waals surface area contributed by atoms with Crippen LogP contribution in [0.25, 0.3) is 5.76 Å². The van der Waals surface area contributed by atoms with Gasteiger partial charge in [0, 0.05) is 12.1 Å². The van der Waals surface area contributed by atoms with Crippen LogP contribution in [0.15, 0.2) is 78.4 Å². The summed E-state index contributed by atoms with van der Waals surface area (Å²) in [5.41, 5.74) is 2.58. The maximum Gasteiger partial charge on any atom is 0.295 e. The molecule has 2 N–H and O–H groups in total. The number of aliphatic hydroxyl groups is 1. The van der Waals surface area contributed by atoms with Crippen LogP contribution in [-0.2, 0) is 16.1 Å². The number of hydrogen-bond acceptors (Lipinski definition) is 5. The number of likely N-dealkylation sites (tertiary alicyclic amines) is 1. The first-order valence-corrected chi connectivity index (χ1v) is 11.5. The molecule has 0 aliphatic carbocycles. The third kappa shape index (κ3) is 5.22. The summed E-state index contributed by atoms with van der Waals surface area (Å²) in [7, 11) is 0. The molecule has 3 aromatic rings. The molecule has 180 valence electrons. The molecule has 0 saturated carbocycles. The van der Waals surface area contributed by atoms with Crippen molar-refractivity contribution in [3.05, 3.63) is 101 Å². The third-order valence-electron chi connectivity index (χ3n) is 5.77. The van der Waals surface area contributed by atoms with Gasteiger partial charge in [0.15, 0.2) is 0 Å². The summed E-state index contributed by atoms with van der Waals surface area (Å²) < 4.78 is 5.87. The van der Waals surface area contributed by atoms with Crippen LogP contribution in [0.2, 0.25) is 0 Å². The number of carbonyl (C=O) groups excluding carboxylic acids is 2. The van der Waals surface area contributed by atoms with E-state index in [1.807, 2.05) is 64.1 Å². The van der Waals surface area contributed by atoms with E-state index in [2.05, 4.69) is 0 Å². The predicted molar refractivity (Wildman–Crippen MR) is 134 cm³/mol. The minimum Gasteiger partial charge on any atom is -0.508 e. The van der Waals surface area contributed by atoms with E-state index in [0.717, 1.165) is 11.1 Å². The molecule has 1 amide bonds. The van der Waals surface area contributed by atoms with Crippen LogP contribution in [0.3, 0.4) is 0 Å². The number of benzene rings is 3. The number of aryl methyl sites for hydroxylation is 1. The molecule has 6 nitrogen and oxygen atoms in total. The molecule has 0 radical (unpaired) electrons. The Hall–Kier alpha value is -4.06. The Morgan fingerprint density at radius 2 is 1.51 bits per heavy atom. The lowest BCUT2D eigenvalue weighted by atomic mass is 9.95. The number of ether oxygens (including phenoxy) is 1. The Kier molecular flexibility index (Phi) is 6.39. The highest BCUT2D eigenvalue weighted by Gasteiger charge is 2.46. The lowest BCUT2D eigenvalue weighted by Gasteiger charge is -2.26. The second-order valence-corrected chi connectivity index (χ2v) is 9.74. The molecule has 6 heteroatoms. The van der Waals surface area contributed by atoms with Gasteiger partial charge in [-0.15, -0.1) is 0 Å². The Bertz CT molecular complexity index is 1270. The number of aromatic hydroxyl groups is 1.